The highest BCUT2D eigenvalue weighted by atomic mass is 19.1. The van der Waals surface area contributed by atoms with Crippen LogP contribution in [0.5, 0.6) is 0 Å². The first kappa shape index (κ1) is 14.9. The summed E-state index contributed by atoms with van der Waals surface area (Å²) >= 11 is 0. The lowest BCUT2D eigenvalue weighted by Gasteiger charge is -2.27. The number of nitrogens with one attached hydrogen (secondary N) is 1. The molecule has 1 atom stereocenters. The molecule has 1 aromatic carbocycles. The van der Waals surface area contributed by atoms with Gasteiger partial charge in [0.2, 0.25) is 5.91 Å². The van der Waals surface area contributed by atoms with Crippen LogP contribution < -0.4 is 5.32 Å². The van der Waals surface area contributed by atoms with Crippen molar-refractivity contribution >= 4 is 5.91 Å². The van der Waals surface area contributed by atoms with Gasteiger partial charge in [-0.05, 0) is 24.6 Å². The summed E-state index contributed by atoms with van der Waals surface area (Å²) in [7, 11) is 0. The first-order valence-electron chi connectivity index (χ1n) is 7.02. The van der Waals surface area contributed by atoms with Gasteiger partial charge in [0.05, 0.1) is 13.2 Å². The highest BCUT2D eigenvalue weighted by molar-refractivity contribution is 5.76. The molecule has 2 rings (SSSR count). The molecular weight excluding hydrogens is 259 g/mol. The monoisotopic (exact) mass is 280 g/mol. The van der Waals surface area contributed by atoms with Crippen LogP contribution in [0.1, 0.15) is 18.9 Å². The Morgan fingerprint density at radius 1 is 1.55 bits per heavy atom. The molecule has 1 aliphatic rings. The van der Waals surface area contributed by atoms with Gasteiger partial charge in [0, 0.05) is 32.1 Å². The zero-order chi connectivity index (χ0) is 14.4. The number of amides is 1. The molecular formula is C15H21FN2O2. The molecule has 1 aromatic rings. The van der Waals surface area contributed by atoms with Crippen molar-refractivity contribution in [2.75, 3.05) is 26.3 Å². The zero-order valence-corrected chi connectivity index (χ0v) is 11.8. The summed E-state index contributed by atoms with van der Waals surface area (Å²) in [5, 5.41) is 3.27. The maximum absolute atomic E-state index is 13.2. The van der Waals surface area contributed by atoms with Crippen molar-refractivity contribution in [3.8, 4) is 0 Å². The van der Waals surface area contributed by atoms with Crippen LogP contribution in [0.4, 0.5) is 4.39 Å². The molecule has 1 fully saturated rings. The second kappa shape index (κ2) is 7.36. The molecule has 1 heterocycles. The summed E-state index contributed by atoms with van der Waals surface area (Å²) in [4.78, 5) is 14.0. The van der Waals surface area contributed by atoms with Gasteiger partial charge in [0.1, 0.15) is 5.82 Å². The Hall–Kier alpha value is -1.46. The van der Waals surface area contributed by atoms with Crippen molar-refractivity contribution in [2.24, 2.45) is 0 Å². The standard InChI is InChI=1S/C15H21FN2O2/c1-2-18(10-12-4-3-5-13(16)8-12)15(19)9-14-11-20-7-6-17-14/h3-5,8,14,17H,2,6-7,9-11H2,1H3. The number of carbonyl (C=O) groups excluding carboxylic acids is 1. The number of hydrogen-bond donors (Lipinski definition) is 1. The van der Waals surface area contributed by atoms with Crippen LogP contribution >= 0.6 is 0 Å². The van der Waals surface area contributed by atoms with E-state index in [0.29, 0.717) is 32.7 Å². The number of rotatable bonds is 5. The van der Waals surface area contributed by atoms with Gasteiger partial charge in [-0.25, -0.2) is 4.39 Å². The highest BCUT2D eigenvalue weighted by Crippen LogP contribution is 2.10. The Bertz CT molecular complexity index is 447. The van der Waals surface area contributed by atoms with Crippen molar-refractivity contribution < 1.29 is 13.9 Å². The summed E-state index contributed by atoms with van der Waals surface area (Å²) in [6.45, 7) is 5.05. The summed E-state index contributed by atoms with van der Waals surface area (Å²) in [5.74, 6) is -0.201. The number of halogens is 1. The van der Waals surface area contributed by atoms with Crippen LogP contribution in [0.3, 0.4) is 0 Å². The lowest BCUT2D eigenvalue weighted by molar-refractivity contribution is -0.132. The number of morpholine rings is 1. The van der Waals surface area contributed by atoms with E-state index in [1.54, 1.807) is 11.0 Å². The summed E-state index contributed by atoms with van der Waals surface area (Å²) < 4.78 is 18.5. The minimum absolute atomic E-state index is 0.0692. The fourth-order valence-electron chi connectivity index (χ4n) is 2.32. The van der Waals surface area contributed by atoms with Gasteiger partial charge < -0.3 is 15.0 Å². The van der Waals surface area contributed by atoms with Gasteiger partial charge in [-0.2, -0.15) is 0 Å². The quantitative estimate of drug-likeness (QED) is 0.890. The largest absolute Gasteiger partial charge is 0.378 e. The molecule has 1 N–H and O–H groups in total. The van der Waals surface area contributed by atoms with Crippen molar-refractivity contribution in [3.05, 3.63) is 35.6 Å². The number of carbonyl (C=O) groups is 1. The normalized spacial score (nSPS) is 18.8. The summed E-state index contributed by atoms with van der Waals surface area (Å²) in [5.41, 5.74) is 0.813. The molecule has 0 spiro atoms. The number of hydrogen-bond acceptors (Lipinski definition) is 3. The molecule has 0 radical (unpaired) electrons. The van der Waals surface area contributed by atoms with Crippen molar-refractivity contribution in [2.45, 2.75) is 25.9 Å². The maximum atomic E-state index is 13.2. The van der Waals surface area contributed by atoms with E-state index in [2.05, 4.69) is 5.32 Å². The van der Waals surface area contributed by atoms with Gasteiger partial charge in [-0.1, -0.05) is 12.1 Å². The van der Waals surface area contributed by atoms with E-state index in [-0.39, 0.29) is 17.8 Å². The average Bonchev–Trinajstić information content (AvgIpc) is 2.46. The lowest BCUT2D eigenvalue weighted by atomic mass is 10.1. The van der Waals surface area contributed by atoms with E-state index in [9.17, 15) is 9.18 Å². The predicted molar refractivity (Wildman–Crippen MR) is 74.7 cm³/mol. The summed E-state index contributed by atoms with van der Waals surface area (Å²) in [6, 6.07) is 6.46. The third kappa shape index (κ3) is 4.28. The van der Waals surface area contributed by atoms with Crippen LogP contribution in [0, 0.1) is 5.82 Å². The number of benzene rings is 1. The third-order valence-electron chi connectivity index (χ3n) is 3.42. The van der Waals surface area contributed by atoms with Crippen LogP contribution in [-0.2, 0) is 16.1 Å². The van der Waals surface area contributed by atoms with Crippen LogP contribution in [-0.4, -0.2) is 43.2 Å². The SMILES string of the molecule is CCN(Cc1cccc(F)c1)C(=O)CC1COCCN1. The third-order valence-corrected chi connectivity index (χ3v) is 3.42. The Morgan fingerprint density at radius 2 is 2.40 bits per heavy atom. The van der Waals surface area contributed by atoms with Gasteiger partial charge in [-0.15, -0.1) is 0 Å². The smallest absolute Gasteiger partial charge is 0.224 e. The van der Waals surface area contributed by atoms with Crippen molar-refractivity contribution in [3.63, 3.8) is 0 Å². The molecule has 0 aromatic heterocycles. The fraction of sp³-hybridized carbons (Fsp3) is 0.533. The first-order chi connectivity index (χ1) is 9.69. The maximum Gasteiger partial charge on any atom is 0.224 e. The van der Waals surface area contributed by atoms with Crippen molar-refractivity contribution in [1.82, 2.24) is 10.2 Å². The molecule has 1 unspecified atom stereocenters. The van der Waals surface area contributed by atoms with E-state index in [1.165, 1.54) is 12.1 Å². The van der Waals surface area contributed by atoms with Crippen molar-refractivity contribution in [1.29, 1.82) is 0 Å². The van der Waals surface area contributed by atoms with Gasteiger partial charge in [-0.3, -0.25) is 4.79 Å². The van der Waals surface area contributed by atoms with E-state index < -0.39 is 0 Å². The topological polar surface area (TPSA) is 41.6 Å². The Balaban J connectivity index is 1.91. The zero-order valence-electron chi connectivity index (χ0n) is 11.8. The summed E-state index contributed by atoms with van der Waals surface area (Å²) in [6.07, 6.45) is 0.420. The molecule has 1 saturated heterocycles. The van der Waals surface area contributed by atoms with E-state index in [4.69, 9.17) is 4.74 Å². The molecule has 5 heteroatoms. The Morgan fingerprint density at radius 3 is 3.05 bits per heavy atom. The molecule has 1 aliphatic heterocycles. The van der Waals surface area contributed by atoms with Gasteiger partial charge >= 0.3 is 0 Å². The second-order valence-electron chi connectivity index (χ2n) is 4.97. The van der Waals surface area contributed by atoms with E-state index in [1.807, 2.05) is 13.0 Å². The molecule has 0 saturated carbocycles. The molecule has 0 aliphatic carbocycles. The van der Waals surface area contributed by atoms with Crippen LogP contribution in [0.15, 0.2) is 24.3 Å². The minimum atomic E-state index is -0.270. The Kier molecular flexibility index (Phi) is 5.49. The molecule has 20 heavy (non-hydrogen) atoms. The molecule has 0 bridgehead atoms. The van der Waals surface area contributed by atoms with Gasteiger partial charge in [0.25, 0.3) is 0 Å². The Labute approximate surface area is 118 Å². The van der Waals surface area contributed by atoms with Crippen LogP contribution in [0.2, 0.25) is 0 Å². The average molecular weight is 280 g/mol. The van der Waals surface area contributed by atoms with E-state index in [0.717, 1.165) is 12.1 Å². The minimum Gasteiger partial charge on any atom is -0.378 e. The van der Waals surface area contributed by atoms with E-state index >= 15 is 0 Å². The number of nitrogens with zero attached hydrogens (tertiary/aromatic N) is 1. The lowest BCUT2D eigenvalue weighted by Crippen LogP contribution is -2.45. The first-order valence-corrected chi connectivity index (χ1v) is 7.02. The molecule has 1 amide bonds. The highest BCUT2D eigenvalue weighted by Gasteiger charge is 2.20. The van der Waals surface area contributed by atoms with Crippen LogP contribution in [0.25, 0.3) is 0 Å². The fourth-order valence-corrected chi connectivity index (χ4v) is 2.32. The molecule has 110 valence electrons. The van der Waals surface area contributed by atoms with Gasteiger partial charge in [0.15, 0.2) is 0 Å². The number of ether oxygens (including phenoxy) is 1. The molecule has 4 nitrogen and oxygen atoms in total. The second-order valence-corrected chi connectivity index (χ2v) is 4.97. The predicted octanol–water partition coefficient (Wildman–Crippen LogP) is 1.55.